The molecule has 0 saturated carbocycles. The molecule has 1 saturated heterocycles. The lowest BCUT2D eigenvalue weighted by Gasteiger charge is -2.23. The van der Waals surface area contributed by atoms with Crippen molar-refractivity contribution in [2.75, 3.05) is 7.11 Å². The minimum absolute atomic E-state index is 0.0183. The lowest BCUT2D eigenvalue weighted by molar-refractivity contribution is -0.137. The van der Waals surface area contributed by atoms with Gasteiger partial charge in [0.15, 0.2) is 6.29 Å². The van der Waals surface area contributed by atoms with E-state index < -0.39 is 6.29 Å². The van der Waals surface area contributed by atoms with Crippen molar-refractivity contribution >= 4 is 0 Å². The highest BCUT2D eigenvalue weighted by atomic mass is 16.6. The lowest BCUT2D eigenvalue weighted by atomic mass is 10.0. The predicted molar refractivity (Wildman–Crippen MR) is 81.2 cm³/mol. The second-order valence-corrected chi connectivity index (χ2v) is 5.55. The van der Waals surface area contributed by atoms with Gasteiger partial charge in [-0.25, -0.2) is 0 Å². The summed E-state index contributed by atoms with van der Waals surface area (Å²) in [6.07, 6.45) is 4.26. The van der Waals surface area contributed by atoms with Crippen molar-refractivity contribution in [1.29, 1.82) is 0 Å². The van der Waals surface area contributed by atoms with E-state index in [0.717, 1.165) is 37.0 Å². The van der Waals surface area contributed by atoms with Gasteiger partial charge in [0.2, 0.25) is 0 Å². The molecule has 1 fully saturated rings. The first-order chi connectivity index (χ1) is 10.2. The van der Waals surface area contributed by atoms with Crippen LogP contribution in [0.1, 0.15) is 44.6 Å². The molecular formula is C17H26O4. The van der Waals surface area contributed by atoms with E-state index in [0.29, 0.717) is 13.0 Å². The Kier molecular flexibility index (Phi) is 6.49. The molecule has 21 heavy (non-hydrogen) atoms. The predicted octanol–water partition coefficient (Wildman–Crippen LogP) is 3.27. The van der Waals surface area contributed by atoms with Gasteiger partial charge in [0.1, 0.15) is 5.75 Å². The summed E-state index contributed by atoms with van der Waals surface area (Å²) in [5, 5.41) is 9.53. The number of hydrogen-bond acceptors (Lipinski definition) is 4. The minimum Gasteiger partial charge on any atom is -0.497 e. The van der Waals surface area contributed by atoms with E-state index in [1.54, 1.807) is 7.11 Å². The average Bonchev–Trinajstić information content (AvgIpc) is 2.94. The summed E-state index contributed by atoms with van der Waals surface area (Å²) in [4.78, 5) is 0. The maximum atomic E-state index is 9.53. The van der Waals surface area contributed by atoms with Gasteiger partial charge in [0.05, 0.1) is 25.9 Å². The van der Waals surface area contributed by atoms with Gasteiger partial charge in [-0.2, -0.15) is 0 Å². The minimum atomic E-state index is -0.622. The average molecular weight is 294 g/mol. The molecule has 1 unspecified atom stereocenters. The molecule has 4 nitrogen and oxygen atoms in total. The fourth-order valence-electron chi connectivity index (χ4n) is 2.63. The van der Waals surface area contributed by atoms with Crippen LogP contribution in [0.5, 0.6) is 5.75 Å². The first-order valence-corrected chi connectivity index (χ1v) is 7.81. The van der Waals surface area contributed by atoms with Crippen molar-refractivity contribution in [3.05, 3.63) is 29.8 Å². The summed E-state index contributed by atoms with van der Waals surface area (Å²) >= 11 is 0. The Morgan fingerprint density at radius 1 is 1.29 bits per heavy atom. The molecule has 0 aromatic heterocycles. The van der Waals surface area contributed by atoms with Gasteiger partial charge in [0.25, 0.3) is 0 Å². The zero-order chi connectivity index (χ0) is 15.1. The Labute approximate surface area is 127 Å². The highest BCUT2D eigenvalue weighted by Gasteiger charge is 2.30. The molecule has 0 aliphatic carbocycles. The quantitative estimate of drug-likeness (QED) is 0.799. The number of ether oxygens (including phenoxy) is 3. The van der Waals surface area contributed by atoms with Crippen LogP contribution in [0, 0.1) is 0 Å². The van der Waals surface area contributed by atoms with Crippen molar-refractivity contribution in [2.45, 2.75) is 64.1 Å². The molecule has 1 aromatic rings. The highest BCUT2D eigenvalue weighted by Crippen LogP contribution is 2.26. The van der Waals surface area contributed by atoms with Crippen LogP contribution in [0.2, 0.25) is 0 Å². The number of unbranched alkanes of at least 4 members (excludes halogenated alkanes) is 1. The van der Waals surface area contributed by atoms with E-state index in [-0.39, 0.29) is 12.2 Å². The van der Waals surface area contributed by atoms with Gasteiger partial charge < -0.3 is 19.3 Å². The number of aliphatic hydroxyl groups is 1. The Morgan fingerprint density at radius 3 is 2.62 bits per heavy atom. The molecule has 0 radical (unpaired) electrons. The van der Waals surface area contributed by atoms with E-state index in [4.69, 9.17) is 14.2 Å². The van der Waals surface area contributed by atoms with Gasteiger partial charge >= 0.3 is 0 Å². The van der Waals surface area contributed by atoms with Crippen LogP contribution < -0.4 is 4.74 Å². The standard InChI is InChI=1S/C17H26O4/c1-3-4-5-15(16-10-11-17(18)21-16)20-12-13-6-8-14(19-2)9-7-13/h6-9,15-18H,3-5,10-12H2,1-2H3/t15-,16-,17?/m0/s1. The molecule has 1 aliphatic heterocycles. The van der Waals surface area contributed by atoms with E-state index in [1.807, 2.05) is 24.3 Å². The molecule has 1 N–H and O–H groups in total. The van der Waals surface area contributed by atoms with E-state index in [2.05, 4.69) is 6.92 Å². The molecule has 1 aromatic carbocycles. The zero-order valence-electron chi connectivity index (χ0n) is 13.0. The lowest BCUT2D eigenvalue weighted by Crippen LogP contribution is -2.29. The zero-order valence-corrected chi connectivity index (χ0v) is 13.0. The van der Waals surface area contributed by atoms with Gasteiger partial charge in [-0.1, -0.05) is 31.9 Å². The molecule has 0 spiro atoms. The number of hydrogen-bond donors (Lipinski definition) is 1. The van der Waals surface area contributed by atoms with Crippen LogP contribution in [0.25, 0.3) is 0 Å². The molecule has 118 valence electrons. The van der Waals surface area contributed by atoms with Crippen LogP contribution in [0.4, 0.5) is 0 Å². The Balaban J connectivity index is 1.88. The number of methoxy groups -OCH3 is 1. The molecule has 0 bridgehead atoms. The largest absolute Gasteiger partial charge is 0.497 e. The Morgan fingerprint density at radius 2 is 2.05 bits per heavy atom. The van der Waals surface area contributed by atoms with Crippen molar-refractivity contribution in [1.82, 2.24) is 0 Å². The summed E-state index contributed by atoms with van der Waals surface area (Å²) in [5.41, 5.74) is 1.12. The monoisotopic (exact) mass is 294 g/mol. The third-order valence-electron chi connectivity index (χ3n) is 3.91. The third kappa shape index (κ3) is 4.99. The molecule has 3 atom stereocenters. The van der Waals surface area contributed by atoms with E-state index >= 15 is 0 Å². The van der Waals surface area contributed by atoms with Gasteiger partial charge in [-0.15, -0.1) is 0 Å². The van der Waals surface area contributed by atoms with E-state index in [1.165, 1.54) is 0 Å². The molecular weight excluding hydrogens is 268 g/mol. The maximum Gasteiger partial charge on any atom is 0.155 e. The Bertz CT molecular complexity index is 404. The van der Waals surface area contributed by atoms with E-state index in [9.17, 15) is 5.11 Å². The van der Waals surface area contributed by atoms with Crippen molar-refractivity contribution < 1.29 is 19.3 Å². The second kappa shape index (κ2) is 8.37. The number of aliphatic hydroxyl groups excluding tert-OH is 1. The summed E-state index contributed by atoms with van der Waals surface area (Å²) in [6.45, 7) is 2.74. The maximum absolute atomic E-state index is 9.53. The SMILES string of the molecule is CCCC[C@H](OCc1ccc(OC)cc1)[C@@H]1CCC(O)O1. The van der Waals surface area contributed by atoms with Crippen LogP contribution in [0.15, 0.2) is 24.3 Å². The first-order valence-electron chi connectivity index (χ1n) is 7.81. The second-order valence-electron chi connectivity index (χ2n) is 5.55. The van der Waals surface area contributed by atoms with Crippen molar-refractivity contribution in [3.8, 4) is 5.75 Å². The molecule has 1 aliphatic rings. The summed E-state index contributed by atoms with van der Waals surface area (Å²) in [7, 11) is 1.66. The summed E-state index contributed by atoms with van der Waals surface area (Å²) in [5.74, 6) is 0.850. The fraction of sp³-hybridized carbons (Fsp3) is 0.647. The normalized spacial score (nSPS) is 23.2. The molecule has 0 amide bonds. The number of rotatable bonds is 8. The van der Waals surface area contributed by atoms with Gasteiger partial charge in [0, 0.05) is 6.42 Å². The number of benzene rings is 1. The van der Waals surface area contributed by atoms with Crippen LogP contribution >= 0.6 is 0 Å². The molecule has 2 rings (SSSR count). The summed E-state index contributed by atoms with van der Waals surface area (Å²) in [6, 6.07) is 7.91. The highest BCUT2D eigenvalue weighted by molar-refractivity contribution is 5.26. The third-order valence-corrected chi connectivity index (χ3v) is 3.91. The molecule has 1 heterocycles. The smallest absolute Gasteiger partial charge is 0.155 e. The fourth-order valence-corrected chi connectivity index (χ4v) is 2.63. The van der Waals surface area contributed by atoms with Crippen LogP contribution in [0.3, 0.4) is 0 Å². The Hall–Kier alpha value is -1.10. The summed E-state index contributed by atoms with van der Waals surface area (Å²) < 4.78 is 16.8. The van der Waals surface area contributed by atoms with Crippen LogP contribution in [-0.4, -0.2) is 30.7 Å². The van der Waals surface area contributed by atoms with Gasteiger partial charge in [-0.05, 0) is 30.5 Å². The molecule has 4 heteroatoms. The van der Waals surface area contributed by atoms with Crippen molar-refractivity contribution in [2.24, 2.45) is 0 Å². The van der Waals surface area contributed by atoms with Crippen LogP contribution in [-0.2, 0) is 16.1 Å². The first kappa shape index (κ1) is 16.3. The van der Waals surface area contributed by atoms with Gasteiger partial charge in [-0.3, -0.25) is 0 Å². The van der Waals surface area contributed by atoms with Crippen molar-refractivity contribution in [3.63, 3.8) is 0 Å². The topological polar surface area (TPSA) is 47.9 Å².